The first-order chi connectivity index (χ1) is 12.0. The van der Waals surface area contributed by atoms with E-state index in [4.69, 9.17) is 40.2 Å². The Morgan fingerprint density at radius 1 is 1.32 bits per heavy atom. The van der Waals surface area contributed by atoms with Gasteiger partial charge in [0.1, 0.15) is 0 Å². The molecule has 7 heteroatoms. The van der Waals surface area contributed by atoms with Gasteiger partial charge in [0, 0.05) is 24.2 Å². The van der Waals surface area contributed by atoms with Crippen LogP contribution in [0.4, 0.5) is 5.69 Å². The zero-order valence-electron chi connectivity index (χ0n) is 14.5. The Morgan fingerprint density at radius 2 is 2.08 bits per heavy atom. The van der Waals surface area contributed by atoms with E-state index in [1.54, 1.807) is 12.1 Å². The van der Waals surface area contributed by atoms with E-state index in [2.05, 4.69) is 22.2 Å². The highest BCUT2D eigenvalue weighted by Crippen LogP contribution is 2.27. The van der Waals surface area contributed by atoms with E-state index in [1.807, 2.05) is 6.07 Å². The Labute approximate surface area is 165 Å². The lowest BCUT2D eigenvalue weighted by Gasteiger charge is -2.40. The van der Waals surface area contributed by atoms with E-state index in [0.29, 0.717) is 21.2 Å². The van der Waals surface area contributed by atoms with Crippen molar-refractivity contribution in [2.24, 2.45) is 0 Å². The Balaban J connectivity index is 1.72. The van der Waals surface area contributed by atoms with Gasteiger partial charge in [-0.05, 0) is 76.2 Å². The average molecular weight is 402 g/mol. The SMILES string of the molecule is CN1CCC(N(CC2CCCO2)C(=S)Nc2cc(Cl)ccc2Cl)CC1. The van der Waals surface area contributed by atoms with Crippen molar-refractivity contribution in [3.63, 3.8) is 0 Å². The predicted octanol–water partition coefficient (Wildman–Crippen LogP) is 4.27. The molecule has 1 aromatic carbocycles. The van der Waals surface area contributed by atoms with Gasteiger partial charge >= 0.3 is 0 Å². The van der Waals surface area contributed by atoms with Crippen LogP contribution in [0.15, 0.2) is 18.2 Å². The third-order valence-corrected chi connectivity index (χ3v) is 5.89. The summed E-state index contributed by atoms with van der Waals surface area (Å²) in [4.78, 5) is 4.67. The van der Waals surface area contributed by atoms with E-state index in [9.17, 15) is 0 Å². The molecule has 0 aliphatic carbocycles. The second-order valence-electron chi connectivity index (χ2n) is 6.88. The molecule has 0 bridgehead atoms. The van der Waals surface area contributed by atoms with Crippen molar-refractivity contribution in [1.82, 2.24) is 9.80 Å². The van der Waals surface area contributed by atoms with Crippen LogP contribution in [0.25, 0.3) is 0 Å². The lowest BCUT2D eigenvalue weighted by molar-refractivity contribution is 0.0724. The van der Waals surface area contributed by atoms with E-state index >= 15 is 0 Å². The maximum absolute atomic E-state index is 6.29. The summed E-state index contributed by atoms with van der Waals surface area (Å²) in [6.45, 7) is 3.87. The molecule has 2 saturated heterocycles. The minimum Gasteiger partial charge on any atom is -0.376 e. The first kappa shape index (κ1) is 19.2. The highest BCUT2D eigenvalue weighted by molar-refractivity contribution is 7.80. The molecule has 138 valence electrons. The lowest BCUT2D eigenvalue weighted by atomic mass is 10.0. The molecular weight excluding hydrogens is 377 g/mol. The molecule has 2 fully saturated rings. The smallest absolute Gasteiger partial charge is 0.173 e. The van der Waals surface area contributed by atoms with Crippen molar-refractivity contribution in [3.8, 4) is 0 Å². The molecule has 0 radical (unpaired) electrons. The molecule has 4 nitrogen and oxygen atoms in total. The highest BCUT2D eigenvalue weighted by atomic mass is 35.5. The van der Waals surface area contributed by atoms with Gasteiger partial charge < -0.3 is 19.9 Å². The molecule has 1 atom stereocenters. The minimum atomic E-state index is 0.259. The number of benzene rings is 1. The number of thiocarbonyl (C=S) groups is 1. The fourth-order valence-corrected chi connectivity index (χ4v) is 4.16. The number of anilines is 1. The standard InChI is InChI=1S/C18H25Cl2N3OS/c1-22-8-6-14(7-9-22)23(12-15-3-2-10-24-15)18(25)21-17-11-13(19)4-5-16(17)20/h4-5,11,14-15H,2-3,6-10,12H2,1H3,(H,21,25). The molecule has 0 spiro atoms. The van der Waals surface area contributed by atoms with Gasteiger partial charge in [-0.3, -0.25) is 0 Å². The summed E-state index contributed by atoms with van der Waals surface area (Å²) in [7, 11) is 2.17. The zero-order valence-corrected chi connectivity index (χ0v) is 16.8. The van der Waals surface area contributed by atoms with Crippen molar-refractivity contribution in [2.45, 2.75) is 37.8 Å². The van der Waals surface area contributed by atoms with Crippen molar-refractivity contribution in [2.75, 3.05) is 38.6 Å². The largest absolute Gasteiger partial charge is 0.376 e. The summed E-state index contributed by atoms with van der Waals surface area (Å²) in [5.41, 5.74) is 0.754. The van der Waals surface area contributed by atoms with Gasteiger partial charge in [-0.1, -0.05) is 23.2 Å². The van der Waals surface area contributed by atoms with Crippen LogP contribution in [-0.4, -0.2) is 60.3 Å². The average Bonchev–Trinajstić information content (AvgIpc) is 3.10. The van der Waals surface area contributed by atoms with Crippen LogP contribution in [0.3, 0.4) is 0 Å². The van der Waals surface area contributed by atoms with Crippen LogP contribution in [0.2, 0.25) is 10.0 Å². The van der Waals surface area contributed by atoms with Crippen molar-refractivity contribution >= 4 is 46.2 Å². The van der Waals surface area contributed by atoms with E-state index in [1.165, 1.54) is 0 Å². The fourth-order valence-electron chi connectivity index (χ4n) is 3.49. The lowest BCUT2D eigenvalue weighted by Crippen LogP contribution is -2.50. The van der Waals surface area contributed by atoms with Crippen LogP contribution in [0.1, 0.15) is 25.7 Å². The molecular formula is C18H25Cl2N3OS. The van der Waals surface area contributed by atoms with E-state index in [-0.39, 0.29) is 6.10 Å². The zero-order chi connectivity index (χ0) is 17.8. The van der Waals surface area contributed by atoms with Gasteiger partial charge in [-0.15, -0.1) is 0 Å². The summed E-state index contributed by atoms with van der Waals surface area (Å²) in [5.74, 6) is 0. The quantitative estimate of drug-likeness (QED) is 0.760. The molecule has 0 amide bonds. The number of halogens is 2. The first-order valence-electron chi connectivity index (χ1n) is 8.86. The number of piperidine rings is 1. The number of likely N-dealkylation sites (tertiary alicyclic amines) is 1. The first-order valence-corrected chi connectivity index (χ1v) is 10.0. The topological polar surface area (TPSA) is 27.7 Å². The van der Waals surface area contributed by atoms with Crippen LogP contribution >= 0.6 is 35.4 Å². The van der Waals surface area contributed by atoms with Gasteiger partial charge in [-0.25, -0.2) is 0 Å². The van der Waals surface area contributed by atoms with Gasteiger partial charge in [0.15, 0.2) is 5.11 Å². The van der Waals surface area contributed by atoms with Gasteiger partial charge in [0.05, 0.1) is 16.8 Å². The third kappa shape index (κ3) is 5.20. The predicted molar refractivity (Wildman–Crippen MR) is 109 cm³/mol. The van der Waals surface area contributed by atoms with Gasteiger partial charge in [0.2, 0.25) is 0 Å². The molecule has 1 unspecified atom stereocenters. The highest BCUT2D eigenvalue weighted by Gasteiger charge is 2.29. The van der Waals surface area contributed by atoms with Crippen molar-refractivity contribution in [3.05, 3.63) is 28.2 Å². The normalized spacial score (nSPS) is 22.1. The molecule has 2 aliphatic heterocycles. The van der Waals surface area contributed by atoms with Crippen LogP contribution in [0, 0.1) is 0 Å². The fraction of sp³-hybridized carbons (Fsp3) is 0.611. The molecule has 1 aromatic rings. The maximum atomic E-state index is 6.29. The monoisotopic (exact) mass is 401 g/mol. The summed E-state index contributed by atoms with van der Waals surface area (Å²) in [5, 5.41) is 5.26. The van der Waals surface area contributed by atoms with Crippen molar-refractivity contribution in [1.29, 1.82) is 0 Å². The number of nitrogens with one attached hydrogen (secondary N) is 1. The number of hydrogen-bond donors (Lipinski definition) is 1. The third-order valence-electron chi connectivity index (χ3n) is 4.98. The molecule has 0 saturated carbocycles. The number of nitrogens with zero attached hydrogens (tertiary/aromatic N) is 2. The number of rotatable bonds is 4. The summed E-state index contributed by atoms with van der Waals surface area (Å²) in [6, 6.07) is 5.81. The van der Waals surface area contributed by atoms with Crippen LogP contribution in [0.5, 0.6) is 0 Å². The summed E-state index contributed by atoms with van der Waals surface area (Å²) in [6.07, 6.45) is 4.70. The summed E-state index contributed by atoms with van der Waals surface area (Å²) < 4.78 is 5.85. The number of ether oxygens (including phenoxy) is 1. The molecule has 25 heavy (non-hydrogen) atoms. The van der Waals surface area contributed by atoms with Gasteiger partial charge in [-0.2, -0.15) is 0 Å². The van der Waals surface area contributed by atoms with Crippen molar-refractivity contribution < 1.29 is 4.74 Å². The maximum Gasteiger partial charge on any atom is 0.173 e. The van der Waals surface area contributed by atoms with E-state index in [0.717, 1.165) is 57.6 Å². The Hall–Kier alpha value is -0.590. The molecule has 0 aromatic heterocycles. The number of hydrogen-bond acceptors (Lipinski definition) is 3. The molecule has 2 heterocycles. The second kappa shape index (κ2) is 8.87. The molecule has 1 N–H and O–H groups in total. The van der Waals surface area contributed by atoms with Crippen LogP contribution < -0.4 is 5.32 Å². The summed E-state index contributed by atoms with van der Waals surface area (Å²) >= 11 is 18.1. The molecule has 2 aliphatic rings. The van der Waals surface area contributed by atoms with E-state index < -0.39 is 0 Å². The second-order valence-corrected chi connectivity index (χ2v) is 8.11. The minimum absolute atomic E-state index is 0.259. The Kier molecular flexibility index (Phi) is 6.80. The Bertz CT molecular complexity index is 602. The Morgan fingerprint density at radius 3 is 2.76 bits per heavy atom. The van der Waals surface area contributed by atoms with Crippen LogP contribution in [-0.2, 0) is 4.74 Å². The molecule has 3 rings (SSSR count). The van der Waals surface area contributed by atoms with Gasteiger partial charge in [0.25, 0.3) is 0 Å².